The van der Waals surface area contributed by atoms with Crippen molar-refractivity contribution in [1.82, 2.24) is 9.97 Å². The second-order valence-corrected chi connectivity index (χ2v) is 5.66. The Morgan fingerprint density at radius 3 is 2.22 bits per heavy atom. The molecule has 2 aromatic carbocycles. The molecule has 3 rings (SSSR count). The summed E-state index contributed by atoms with van der Waals surface area (Å²) in [7, 11) is 0. The SMILES string of the molecule is Cc1ccc([N+](=O)[O-])c(-c2nc3cc(C)c(C)cc3nc2N)c1. The van der Waals surface area contributed by atoms with E-state index in [4.69, 9.17) is 5.73 Å². The molecular weight excluding hydrogens is 292 g/mol. The average Bonchev–Trinajstić information content (AvgIpc) is 2.48. The first-order chi connectivity index (χ1) is 10.9. The lowest BCUT2D eigenvalue weighted by Crippen LogP contribution is -2.02. The molecular formula is C17H16N4O2. The average molecular weight is 308 g/mol. The zero-order chi connectivity index (χ0) is 16.7. The minimum Gasteiger partial charge on any atom is -0.382 e. The highest BCUT2D eigenvalue weighted by atomic mass is 16.6. The van der Waals surface area contributed by atoms with Crippen LogP contribution in [0.15, 0.2) is 30.3 Å². The van der Waals surface area contributed by atoms with Crippen molar-refractivity contribution in [3.05, 3.63) is 57.1 Å². The minimum atomic E-state index is -0.430. The fourth-order valence-corrected chi connectivity index (χ4v) is 2.52. The molecule has 0 radical (unpaired) electrons. The number of nitro groups is 1. The Morgan fingerprint density at radius 1 is 1.00 bits per heavy atom. The molecule has 6 heteroatoms. The summed E-state index contributed by atoms with van der Waals surface area (Å²) in [6.45, 7) is 5.85. The molecule has 1 aromatic heterocycles. The molecule has 0 atom stereocenters. The van der Waals surface area contributed by atoms with Gasteiger partial charge < -0.3 is 5.73 Å². The topological polar surface area (TPSA) is 94.9 Å². The highest BCUT2D eigenvalue weighted by molar-refractivity contribution is 5.86. The summed E-state index contributed by atoms with van der Waals surface area (Å²) in [6, 6.07) is 8.71. The van der Waals surface area contributed by atoms with Gasteiger partial charge in [-0.05, 0) is 55.7 Å². The van der Waals surface area contributed by atoms with Gasteiger partial charge in [0.05, 0.1) is 21.5 Å². The molecule has 0 aliphatic carbocycles. The van der Waals surface area contributed by atoms with Gasteiger partial charge in [0.25, 0.3) is 5.69 Å². The number of benzene rings is 2. The molecule has 0 fully saturated rings. The monoisotopic (exact) mass is 308 g/mol. The number of nitro benzene ring substituents is 1. The Kier molecular flexibility index (Phi) is 3.44. The number of rotatable bonds is 2. The zero-order valence-corrected chi connectivity index (χ0v) is 13.1. The number of anilines is 1. The van der Waals surface area contributed by atoms with Crippen LogP contribution in [0.5, 0.6) is 0 Å². The summed E-state index contributed by atoms with van der Waals surface area (Å²) >= 11 is 0. The van der Waals surface area contributed by atoms with Gasteiger partial charge in [0.2, 0.25) is 0 Å². The lowest BCUT2D eigenvalue weighted by atomic mass is 10.0. The fourth-order valence-electron chi connectivity index (χ4n) is 2.52. The van der Waals surface area contributed by atoms with Crippen molar-refractivity contribution in [3.8, 4) is 11.3 Å². The predicted molar refractivity (Wildman–Crippen MR) is 90.3 cm³/mol. The maximum Gasteiger partial charge on any atom is 0.278 e. The van der Waals surface area contributed by atoms with Crippen molar-refractivity contribution < 1.29 is 4.92 Å². The van der Waals surface area contributed by atoms with Crippen LogP contribution in [0, 0.1) is 30.9 Å². The van der Waals surface area contributed by atoms with Crippen LogP contribution in [0.2, 0.25) is 0 Å². The number of aryl methyl sites for hydroxylation is 3. The molecule has 23 heavy (non-hydrogen) atoms. The van der Waals surface area contributed by atoms with Gasteiger partial charge in [0.1, 0.15) is 5.69 Å². The highest BCUT2D eigenvalue weighted by Crippen LogP contribution is 2.33. The van der Waals surface area contributed by atoms with Gasteiger partial charge in [0, 0.05) is 6.07 Å². The molecule has 3 aromatic rings. The number of nitrogens with zero attached hydrogens (tertiary/aromatic N) is 3. The summed E-state index contributed by atoms with van der Waals surface area (Å²) in [5, 5.41) is 11.3. The molecule has 0 aliphatic rings. The number of fused-ring (bicyclic) bond motifs is 1. The Balaban J connectivity index is 2.32. The zero-order valence-electron chi connectivity index (χ0n) is 13.1. The van der Waals surface area contributed by atoms with Crippen molar-refractivity contribution in [3.63, 3.8) is 0 Å². The smallest absolute Gasteiger partial charge is 0.278 e. The Bertz CT molecular complexity index is 951. The third-order valence-electron chi connectivity index (χ3n) is 3.91. The third kappa shape index (κ3) is 2.59. The summed E-state index contributed by atoms with van der Waals surface area (Å²) in [4.78, 5) is 19.8. The molecule has 116 valence electrons. The molecule has 0 aliphatic heterocycles. The van der Waals surface area contributed by atoms with E-state index in [0.717, 1.165) is 16.7 Å². The number of nitrogens with two attached hydrogens (primary N) is 1. The van der Waals surface area contributed by atoms with Crippen LogP contribution in [-0.2, 0) is 0 Å². The molecule has 0 saturated carbocycles. The quantitative estimate of drug-likeness (QED) is 0.575. The summed E-state index contributed by atoms with van der Waals surface area (Å²) < 4.78 is 0. The van der Waals surface area contributed by atoms with Gasteiger partial charge in [-0.25, -0.2) is 9.97 Å². The first-order valence-electron chi connectivity index (χ1n) is 7.16. The lowest BCUT2D eigenvalue weighted by Gasteiger charge is -2.09. The molecule has 6 nitrogen and oxygen atoms in total. The molecule has 0 amide bonds. The Hall–Kier alpha value is -3.02. The van der Waals surface area contributed by atoms with E-state index in [1.54, 1.807) is 12.1 Å². The third-order valence-corrected chi connectivity index (χ3v) is 3.91. The number of hydrogen-bond acceptors (Lipinski definition) is 5. The highest BCUT2D eigenvalue weighted by Gasteiger charge is 2.20. The first kappa shape index (κ1) is 14.9. The molecule has 0 bridgehead atoms. The van der Waals surface area contributed by atoms with E-state index in [1.807, 2.05) is 32.9 Å². The minimum absolute atomic E-state index is 0.0280. The molecule has 0 unspecified atom stereocenters. The van der Waals surface area contributed by atoms with Gasteiger partial charge in [0.15, 0.2) is 5.82 Å². The second-order valence-electron chi connectivity index (χ2n) is 5.66. The summed E-state index contributed by atoms with van der Waals surface area (Å²) in [5.74, 6) is 0.189. The largest absolute Gasteiger partial charge is 0.382 e. The van der Waals surface area contributed by atoms with Crippen LogP contribution in [-0.4, -0.2) is 14.9 Å². The lowest BCUT2D eigenvalue weighted by molar-refractivity contribution is -0.384. The van der Waals surface area contributed by atoms with Gasteiger partial charge in [-0.3, -0.25) is 10.1 Å². The van der Waals surface area contributed by atoms with E-state index >= 15 is 0 Å². The second kappa shape index (κ2) is 5.31. The number of hydrogen-bond donors (Lipinski definition) is 1. The van der Waals surface area contributed by atoms with Crippen LogP contribution in [0.3, 0.4) is 0 Å². The summed E-state index contributed by atoms with van der Waals surface area (Å²) in [6.07, 6.45) is 0. The normalized spacial score (nSPS) is 10.9. The maximum absolute atomic E-state index is 11.3. The van der Waals surface area contributed by atoms with Gasteiger partial charge in [-0.15, -0.1) is 0 Å². The molecule has 1 heterocycles. The van der Waals surface area contributed by atoms with E-state index < -0.39 is 4.92 Å². The van der Waals surface area contributed by atoms with Crippen LogP contribution in [0.4, 0.5) is 11.5 Å². The van der Waals surface area contributed by atoms with Crippen molar-refractivity contribution >= 4 is 22.5 Å². The van der Waals surface area contributed by atoms with Crippen molar-refractivity contribution in [2.24, 2.45) is 0 Å². The van der Waals surface area contributed by atoms with Crippen LogP contribution in [0.1, 0.15) is 16.7 Å². The van der Waals surface area contributed by atoms with Crippen molar-refractivity contribution in [2.75, 3.05) is 5.73 Å². The van der Waals surface area contributed by atoms with Gasteiger partial charge in [-0.2, -0.15) is 0 Å². The fraction of sp³-hybridized carbons (Fsp3) is 0.176. The number of aromatic nitrogens is 2. The van der Waals surface area contributed by atoms with Crippen LogP contribution >= 0.6 is 0 Å². The Morgan fingerprint density at radius 2 is 1.61 bits per heavy atom. The van der Waals surface area contributed by atoms with Gasteiger partial charge >= 0.3 is 0 Å². The van der Waals surface area contributed by atoms with Crippen LogP contribution < -0.4 is 5.73 Å². The van der Waals surface area contributed by atoms with Crippen molar-refractivity contribution in [2.45, 2.75) is 20.8 Å². The van der Waals surface area contributed by atoms with Gasteiger partial charge in [-0.1, -0.05) is 6.07 Å². The van der Waals surface area contributed by atoms with Crippen LogP contribution in [0.25, 0.3) is 22.3 Å². The standard InChI is InChI=1S/C17H16N4O2/c1-9-4-5-15(21(22)23)12(6-9)16-17(18)20-14-8-11(3)10(2)7-13(14)19-16/h4-8H,1-3H3,(H2,18,20). The van der Waals surface area contributed by atoms with Crippen molar-refractivity contribution in [1.29, 1.82) is 0 Å². The maximum atomic E-state index is 11.3. The van der Waals surface area contributed by atoms with E-state index in [9.17, 15) is 10.1 Å². The van der Waals surface area contributed by atoms with E-state index in [-0.39, 0.29) is 11.5 Å². The number of nitrogen functional groups attached to an aromatic ring is 1. The first-order valence-corrected chi connectivity index (χ1v) is 7.16. The Labute approximate surface area is 133 Å². The molecule has 0 saturated heterocycles. The summed E-state index contributed by atoms with van der Waals surface area (Å²) in [5.41, 5.74) is 11.2. The van der Waals surface area contributed by atoms with E-state index in [0.29, 0.717) is 22.3 Å². The molecule has 0 spiro atoms. The molecule has 2 N–H and O–H groups in total. The van der Waals surface area contributed by atoms with E-state index in [2.05, 4.69) is 9.97 Å². The predicted octanol–water partition coefficient (Wildman–Crippen LogP) is 3.71. The van der Waals surface area contributed by atoms with E-state index in [1.165, 1.54) is 6.07 Å².